The Morgan fingerprint density at radius 3 is 2.36 bits per heavy atom. The van der Waals surface area contributed by atoms with Crippen LogP contribution in [0.2, 0.25) is 0 Å². The fourth-order valence-electron chi connectivity index (χ4n) is 3.52. The minimum Gasteiger partial charge on any atom is -0.364 e. The molecule has 6 nitrogen and oxygen atoms in total. The van der Waals surface area contributed by atoms with Crippen LogP contribution in [-0.2, 0) is 16.2 Å². The van der Waals surface area contributed by atoms with E-state index in [0.29, 0.717) is 16.8 Å². The summed E-state index contributed by atoms with van der Waals surface area (Å²) in [7, 11) is -4.04. The Morgan fingerprint density at radius 2 is 1.70 bits per heavy atom. The van der Waals surface area contributed by atoms with Crippen LogP contribution in [0.3, 0.4) is 0 Å². The number of sulfonamides is 1. The molecule has 3 aromatic rings. The molecule has 0 saturated heterocycles. The number of amides is 1. The smallest absolute Gasteiger partial charge is 0.364 e. The minimum atomic E-state index is -4.61. The molecule has 0 fully saturated rings. The number of hydrogen-bond donors (Lipinski definition) is 3. The van der Waals surface area contributed by atoms with Crippen molar-refractivity contribution in [3.63, 3.8) is 0 Å². The molecule has 33 heavy (non-hydrogen) atoms. The van der Waals surface area contributed by atoms with E-state index in [4.69, 9.17) is 0 Å². The largest absolute Gasteiger partial charge is 0.416 e. The van der Waals surface area contributed by atoms with Crippen LogP contribution < -0.4 is 15.4 Å². The first-order valence-electron chi connectivity index (χ1n) is 9.93. The van der Waals surface area contributed by atoms with Crippen LogP contribution in [0.25, 0.3) is 0 Å². The molecule has 4 rings (SSSR count). The summed E-state index contributed by atoms with van der Waals surface area (Å²) in [6.07, 6.45) is -5.60. The van der Waals surface area contributed by atoms with Gasteiger partial charge in [-0.15, -0.1) is 0 Å². The number of aryl methyl sites for hydroxylation is 1. The Hall–Kier alpha value is -3.37. The molecule has 0 aromatic heterocycles. The topological polar surface area (TPSA) is 87.3 Å². The lowest BCUT2D eigenvalue weighted by Gasteiger charge is -2.29. The molecule has 1 aliphatic rings. The molecule has 3 N–H and O–H groups in total. The molecule has 3 aromatic carbocycles. The lowest BCUT2D eigenvalue weighted by atomic mass is 10.1. The van der Waals surface area contributed by atoms with Crippen molar-refractivity contribution in [1.29, 1.82) is 0 Å². The lowest BCUT2D eigenvalue weighted by Crippen LogP contribution is -2.38. The van der Waals surface area contributed by atoms with Crippen molar-refractivity contribution in [2.24, 2.45) is 0 Å². The van der Waals surface area contributed by atoms with Gasteiger partial charge in [0.15, 0.2) is 0 Å². The van der Waals surface area contributed by atoms with Gasteiger partial charge in [0.05, 0.1) is 11.3 Å². The van der Waals surface area contributed by atoms with E-state index in [2.05, 4.69) is 15.4 Å². The third-order valence-electron chi connectivity index (χ3n) is 5.53. The number of benzene rings is 3. The summed E-state index contributed by atoms with van der Waals surface area (Å²) < 4.78 is 66.7. The predicted octanol–water partition coefficient (Wildman–Crippen LogP) is 4.98. The maximum Gasteiger partial charge on any atom is 0.416 e. The Bertz CT molecular complexity index is 1340. The van der Waals surface area contributed by atoms with Gasteiger partial charge in [-0.25, -0.2) is 8.42 Å². The molecular weight excluding hydrogens is 455 g/mol. The van der Waals surface area contributed by atoms with Gasteiger partial charge in [-0.05, 0) is 66.9 Å². The van der Waals surface area contributed by atoms with Crippen molar-refractivity contribution in [1.82, 2.24) is 4.72 Å². The molecule has 0 bridgehead atoms. The van der Waals surface area contributed by atoms with Crippen molar-refractivity contribution in [3.8, 4) is 0 Å². The standard InChI is InChI=1S/C23H20F3N3O3S/c1-13-4-3-5-18(14(13)2)28-22(30)16-8-6-15(7-9-16)21-27-19-12-17(23(24,25)26)10-11-20(19)33(31,32)29-21/h3-12,21,27,29H,1-2H3,(H,28,30)/t21-/m0/s1. The molecule has 1 aliphatic heterocycles. The normalized spacial score (nSPS) is 17.1. The van der Waals surface area contributed by atoms with E-state index < -0.39 is 27.9 Å². The van der Waals surface area contributed by atoms with Gasteiger partial charge in [0, 0.05) is 11.3 Å². The highest BCUT2D eigenvalue weighted by Gasteiger charge is 2.35. The maximum absolute atomic E-state index is 13.1. The first kappa shape index (κ1) is 22.8. The van der Waals surface area contributed by atoms with Crippen molar-refractivity contribution >= 4 is 27.3 Å². The highest BCUT2D eigenvalue weighted by Crippen LogP contribution is 2.37. The number of halogens is 3. The number of hydrogen-bond acceptors (Lipinski definition) is 4. The molecule has 10 heteroatoms. The number of carbonyl (C=O) groups excluding carboxylic acids is 1. The highest BCUT2D eigenvalue weighted by molar-refractivity contribution is 7.89. The second kappa shape index (κ2) is 8.20. The quantitative estimate of drug-likeness (QED) is 0.499. The van der Waals surface area contributed by atoms with Gasteiger partial charge in [-0.3, -0.25) is 4.79 Å². The molecular formula is C23H20F3N3O3S. The Morgan fingerprint density at radius 1 is 1.00 bits per heavy atom. The number of alkyl halides is 3. The monoisotopic (exact) mass is 475 g/mol. The Labute approximate surface area is 188 Å². The van der Waals surface area contributed by atoms with E-state index in [1.165, 1.54) is 24.3 Å². The van der Waals surface area contributed by atoms with E-state index in [1.807, 2.05) is 26.0 Å². The molecule has 1 heterocycles. The minimum absolute atomic E-state index is 0.148. The average Bonchev–Trinajstić information content (AvgIpc) is 2.75. The molecule has 0 saturated carbocycles. The van der Waals surface area contributed by atoms with E-state index in [1.54, 1.807) is 6.07 Å². The Kier molecular flexibility index (Phi) is 5.67. The van der Waals surface area contributed by atoms with E-state index in [9.17, 15) is 26.4 Å². The first-order valence-corrected chi connectivity index (χ1v) is 11.4. The molecule has 0 aliphatic carbocycles. The molecule has 172 valence electrons. The van der Waals surface area contributed by atoms with E-state index >= 15 is 0 Å². The van der Waals surface area contributed by atoms with Crippen LogP contribution in [0.5, 0.6) is 0 Å². The zero-order valence-electron chi connectivity index (χ0n) is 17.6. The number of nitrogens with one attached hydrogen (secondary N) is 3. The molecule has 0 spiro atoms. The summed E-state index contributed by atoms with van der Waals surface area (Å²) in [5.41, 5.74) is 2.34. The van der Waals surface area contributed by atoms with E-state index in [-0.39, 0.29) is 16.5 Å². The van der Waals surface area contributed by atoms with Gasteiger partial charge in [0.1, 0.15) is 11.1 Å². The number of rotatable bonds is 3. The number of carbonyl (C=O) groups is 1. The van der Waals surface area contributed by atoms with E-state index in [0.717, 1.165) is 29.3 Å². The Balaban J connectivity index is 1.57. The van der Waals surface area contributed by atoms with Crippen LogP contribution in [0, 0.1) is 13.8 Å². The van der Waals surface area contributed by atoms with Crippen molar-refractivity contribution in [2.45, 2.75) is 31.1 Å². The summed E-state index contributed by atoms with van der Waals surface area (Å²) in [5, 5.41) is 5.63. The predicted molar refractivity (Wildman–Crippen MR) is 118 cm³/mol. The fraction of sp³-hybridized carbons (Fsp3) is 0.174. The highest BCUT2D eigenvalue weighted by atomic mass is 32.2. The van der Waals surface area contributed by atoms with Crippen LogP contribution in [0.1, 0.15) is 38.8 Å². The summed E-state index contributed by atoms with van der Waals surface area (Å²) in [6, 6.07) is 14.1. The van der Waals surface area contributed by atoms with Gasteiger partial charge < -0.3 is 10.6 Å². The van der Waals surface area contributed by atoms with Crippen molar-refractivity contribution < 1.29 is 26.4 Å². The van der Waals surface area contributed by atoms with Gasteiger partial charge in [0.25, 0.3) is 5.91 Å². The summed E-state index contributed by atoms with van der Waals surface area (Å²) in [6.45, 7) is 3.84. The van der Waals surface area contributed by atoms with Gasteiger partial charge >= 0.3 is 6.18 Å². The number of fused-ring (bicyclic) bond motifs is 1. The van der Waals surface area contributed by atoms with Gasteiger partial charge in [0.2, 0.25) is 10.0 Å². The van der Waals surface area contributed by atoms with Crippen molar-refractivity contribution in [2.75, 3.05) is 10.6 Å². The second-order valence-corrected chi connectivity index (χ2v) is 9.41. The second-order valence-electron chi connectivity index (χ2n) is 7.73. The van der Waals surface area contributed by atoms with Gasteiger partial charge in [-0.2, -0.15) is 17.9 Å². The SMILES string of the molecule is Cc1cccc(NC(=O)c2ccc([C@H]3Nc4cc(C(F)(F)F)ccc4S(=O)(=O)N3)cc2)c1C. The third kappa shape index (κ3) is 4.57. The van der Waals surface area contributed by atoms with Crippen LogP contribution >= 0.6 is 0 Å². The van der Waals surface area contributed by atoms with Crippen molar-refractivity contribution in [3.05, 3.63) is 88.5 Å². The lowest BCUT2D eigenvalue weighted by molar-refractivity contribution is -0.137. The zero-order valence-corrected chi connectivity index (χ0v) is 18.4. The first-order chi connectivity index (χ1) is 15.5. The zero-order chi connectivity index (χ0) is 24.0. The number of anilines is 2. The molecule has 0 unspecified atom stereocenters. The molecule has 0 radical (unpaired) electrons. The third-order valence-corrected chi connectivity index (χ3v) is 7.01. The van der Waals surface area contributed by atoms with Crippen LogP contribution in [0.15, 0.2) is 65.6 Å². The summed E-state index contributed by atoms with van der Waals surface area (Å²) in [4.78, 5) is 12.4. The van der Waals surface area contributed by atoms with Crippen LogP contribution in [-0.4, -0.2) is 14.3 Å². The fourth-order valence-corrected chi connectivity index (χ4v) is 4.80. The van der Waals surface area contributed by atoms with Crippen LogP contribution in [0.4, 0.5) is 24.5 Å². The molecule has 1 atom stereocenters. The maximum atomic E-state index is 13.1. The van der Waals surface area contributed by atoms with Gasteiger partial charge in [-0.1, -0.05) is 24.3 Å². The average molecular weight is 475 g/mol. The molecule has 1 amide bonds. The summed E-state index contributed by atoms with van der Waals surface area (Å²) >= 11 is 0. The summed E-state index contributed by atoms with van der Waals surface area (Å²) in [5.74, 6) is -0.340.